The van der Waals surface area contributed by atoms with E-state index in [4.69, 9.17) is 5.73 Å². The molecule has 2 aromatic rings. The predicted octanol–water partition coefficient (Wildman–Crippen LogP) is 0.969. The highest BCUT2D eigenvalue weighted by Gasteiger charge is 2.23. The van der Waals surface area contributed by atoms with E-state index in [0.29, 0.717) is 5.56 Å². The van der Waals surface area contributed by atoms with Gasteiger partial charge in [0.25, 0.3) is 10.0 Å². The number of hydrogen-bond donors (Lipinski definition) is 3. The van der Waals surface area contributed by atoms with E-state index in [1.54, 1.807) is 6.92 Å². The van der Waals surface area contributed by atoms with Gasteiger partial charge in [0.05, 0.1) is 12.2 Å². The van der Waals surface area contributed by atoms with Gasteiger partial charge in [0.1, 0.15) is 0 Å². The van der Waals surface area contributed by atoms with Crippen molar-refractivity contribution in [1.82, 2.24) is 14.9 Å². The van der Waals surface area contributed by atoms with Crippen LogP contribution in [0, 0.1) is 0 Å². The highest BCUT2D eigenvalue weighted by molar-refractivity contribution is 7.89. The Balaban J connectivity index is 2.23. The molecule has 0 aliphatic carbocycles. The topological polar surface area (TPSA) is 101 Å². The molecule has 0 saturated carbocycles. The van der Waals surface area contributed by atoms with Gasteiger partial charge in [0.2, 0.25) is 0 Å². The Hall–Kier alpha value is -1.22. The molecule has 1 atom stereocenters. The van der Waals surface area contributed by atoms with Crippen molar-refractivity contribution in [2.75, 3.05) is 0 Å². The zero-order valence-corrected chi connectivity index (χ0v) is 11.4. The molecule has 0 radical (unpaired) electrons. The molecule has 0 saturated heterocycles. The maximum Gasteiger partial charge on any atom is 0.258 e. The van der Waals surface area contributed by atoms with Crippen LogP contribution in [-0.4, -0.2) is 18.6 Å². The van der Waals surface area contributed by atoms with Crippen LogP contribution in [-0.2, 0) is 16.6 Å². The zero-order chi connectivity index (χ0) is 13.2. The third-order valence-corrected chi connectivity index (χ3v) is 5.08. The minimum absolute atomic E-state index is 0.0356. The van der Waals surface area contributed by atoms with Crippen molar-refractivity contribution in [2.24, 2.45) is 5.73 Å². The van der Waals surface area contributed by atoms with Gasteiger partial charge in [-0.2, -0.15) is 5.10 Å². The van der Waals surface area contributed by atoms with Gasteiger partial charge in [-0.3, -0.25) is 5.10 Å². The van der Waals surface area contributed by atoms with Crippen LogP contribution in [0.2, 0.25) is 0 Å². The lowest BCUT2D eigenvalue weighted by molar-refractivity contribution is 0.563. The van der Waals surface area contributed by atoms with Crippen molar-refractivity contribution in [3.05, 3.63) is 34.2 Å². The number of aromatic nitrogens is 2. The minimum Gasteiger partial charge on any atom is -0.326 e. The summed E-state index contributed by atoms with van der Waals surface area (Å²) in [7, 11) is -3.63. The summed E-state index contributed by atoms with van der Waals surface area (Å²) in [6.45, 7) is 1.92. The quantitative estimate of drug-likeness (QED) is 0.762. The minimum atomic E-state index is -3.63. The maximum atomic E-state index is 12.1. The molecule has 0 aliphatic heterocycles. The number of nitrogens with two attached hydrogens (primary N) is 1. The molecule has 0 amide bonds. The number of thiophene rings is 1. The summed E-state index contributed by atoms with van der Waals surface area (Å²) in [5.41, 5.74) is 5.94. The van der Waals surface area contributed by atoms with Crippen LogP contribution in [0.1, 0.15) is 23.4 Å². The van der Waals surface area contributed by atoms with Gasteiger partial charge in [-0.25, -0.2) is 13.1 Å². The third kappa shape index (κ3) is 2.61. The summed E-state index contributed by atoms with van der Waals surface area (Å²) in [4.78, 5) is 0.951. The van der Waals surface area contributed by atoms with Crippen LogP contribution in [0.4, 0.5) is 0 Å². The van der Waals surface area contributed by atoms with E-state index >= 15 is 0 Å². The molecule has 2 aromatic heterocycles. The Kier molecular flexibility index (Phi) is 3.81. The maximum absolute atomic E-state index is 12.1. The number of nitrogens with zero attached hydrogens (tertiary/aromatic N) is 1. The molecule has 18 heavy (non-hydrogen) atoms. The van der Waals surface area contributed by atoms with Gasteiger partial charge in [-0.05, 0) is 18.4 Å². The Morgan fingerprint density at radius 3 is 3.00 bits per heavy atom. The van der Waals surface area contributed by atoms with Crippen molar-refractivity contribution in [1.29, 1.82) is 0 Å². The van der Waals surface area contributed by atoms with E-state index < -0.39 is 10.0 Å². The van der Waals surface area contributed by atoms with Crippen LogP contribution >= 0.6 is 11.3 Å². The Morgan fingerprint density at radius 1 is 1.61 bits per heavy atom. The number of H-pyrrole nitrogens is 1. The first-order valence-corrected chi connectivity index (χ1v) is 7.69. The summed E-state index contributed by atoms with van der Waals surface area (Å²) in [5, 5.41) is 8.12. The lowest BCUT2D eigenvalue weighted by Gasteiger charge is -2.12. The first kappa shape index (κ1) is 13.2. The van der Waals surface area contributed by atoms with Crippen LogP contribution in [0.5, 0.6) is 0 Å². The van der Waals surface area contributed by atoms with Crippen LogP contribution in [0.25, 0.3) is 0 Å². The highest BCUT2D eigenvalue weighted by atomic mass is 32.2. The molecule has 1 unspecified atom stereocenters. The van der Waals surface area contributed by atoms with E-state index in [0.717, 1.165) is 4.88 Å². The molecule has 0 aromatic carbocycles. The van der Waals surface area contributed by atoms with E-state index in [1.165, 1.54) is 17.5 Å². The van der Waals surface area contributed by atoms with Crippen LogP contribution in [0.15, 0.2) is 28.7 Å². The summed E-state index contributed by atoms with van der Waals surface area (Å²) < 4.78 is 26.9. The van der Waals surface area contributed by atoms with E-state index in [-0.39, 0.29) is 17.6 Å². The lowest BCUT2D eigenvalue weighted by Crippen LogP contribution is -2.27. The third-order valence-electron chi connectivity index (χ3n) is 2.47. The summed E-state index contributed by atoms with van der Waals surface area (Å²) in [6.07, 6.45) is 1.42. The number of rotatable bonds is 5. The molecule has 2 rings (SSSR count). The van der Waals surface area contributed by atoms with Crippen molar-refractivity contribution in [2.45, 2.75) is 24.5 Å². The van der Waals surface area contributed by atoms with Crippen LogP contribution in [0.3, 0.4) is 0 Å². The number of hydrogen-bond acceptors (Lipinski definition) is 5. The highest BCUT2D eigenvalue weighted by Crippen LogP contribution is 2.21. The fraction of sp³-hybridized carbons (Fsp3) is 0.300. The Labute approximate surface area is 109 Å². The summed E-state index contributed by atoms with van der Waals surface area (Å²) in [5.74, 6) is 0. The molecule has 8 heteroatoms. The first-order chi connectivity index (χ1) is 8.54. The number of nitrogens with one attached hydrogen (secondary N) is 2. The van der Waals surface area contributed by atoms with E-state index in [9.17, 15) is 8.42 Å². The van der Waals surface area contributed by atoms with Gasteiger partial charge >= 0.3 is 0 Å². The van der Waals surface area contributed by atoms with Gasteiger partial charge in [0.15, 0.2) is 5.03 Å². The molecular formula is C10H14N4O2S2. The second-order valence-corrected chi connectivity index (χ2v) is 6.42. The van der Waals surface area contributed by atoms with Gasteiger partial charge in [-0.1, -0.05) is 6.07 Å². The van der Waals surface area contributed by atoms with Crippen molar-refractivity contribution in [3.8, 4) is 0 Å². The van der Waals surface area contributed by atoms with E-state index in [1.807, 2.05) is 17.5 Å². The molecule has 0 fully saturated rings. The second kappa shape index (κ2) is 5.19. The molecule has 0 aliphatic rings. The predicted molar refractivity (Wildman–Crippen MR) is 69.5 cm³/mol. The molecule has 0 spiro atoms. The largest absolute Gasteiger partial charge is 0.326 e. The van der Waals surface area contributed by atoms with Gasteiger partial charge in [-0.15, -0.1) is 11.3 Å². The number of sulfonamides is 1. The molecule has 4 N–H and O–H groups in total. The summed E-state index contributed by atoms with van der Waals surface area (Å²) in [6, 6.07) is 3.48. The van der Waals surface area contributed by atoms with Crippen LogP contribution < -0.4 is 10.5 Å². The Morgan fingerprint density at radius 2 is 2.39 bits per heavy atom. The fourth-order valence-corrected chi connectivity index (χ4v) is 3.74. The lowest BCUT2D eigenvalue weighted by atomic mass is 10.3. The first-order valence-electron chi connectivity index (χ1n) is 5.32. The molecule has 2 heterocycles. The monoisotopic (exact) mass is 286 g/mol. The Bertz CT molecular complexity index is 604. The molecular weight excluding hydrogens is 272 g/mol. The van der Waals surface area contributed by atoms with Crippen molar-refractivity contribution in [3.63, 3.8) is 0 Å². The molecule has 6 nitrogen and oxygen atoms in total. The average Bonchev–Trinajstić information content (AvgIpc) is 2.99. The fourth-order valence-electron chi connectivity index (χ4n) is 1.56. The van der Waals surface area contributed by atoms with E-state index in [2.05, 4.69) is 14.9 Å². The average molecular weight is 286 g/mol. The smallest absolute Gasteiger partial charge is 0.258 e. The number of aromatic amines is 1. The SMILES string of the molecule is CC(NS(=O)(=O)c1[nH]ncc1CN)c1cccs1. The molecule has 0 bridgehead atoms. The normalized spacial score (nSPS) is 13.7. The second-order valence-electron chi connectivity index (χ2n) is 3.79. The van der Waals surface area contributed by atoms with Gasteiger partial charge < -0.3 is 5.73 Å². The standard InChI is InChI=1S/C10H14N4O2S2/c1-7(9-3-2-4-17-9)14-18(15,16)10-8(5-11)6-12-13-10/h2-4,6-7,14H,5,11H2,1H3,(H,12,13). The van der Waals surface area contributed by atoms with Gasteiger partial charge in [0, 0.05) is 17.0 Å². The molecule has 98 valence electrons. The van der Waals surface area contributed by atoms with Crippen molar-refractivity contribution < 1.29 is 8.42 Å². The van der Waals surface area contributed by atoms with Crippen molar-refractivity contribution >= 4 is 21.4 Å². The summed E-state index contributed by atoms with van der Waals surface area (Å²) >= 11 is 1.50. The zero-order valence-electron chi connectivity index (χ0n) is 9.75.